The lowest BCUT2D eigenvalue weighted by atomic mass is 10.0. The normalized spacial score (nSPS) is 11.0. The molecular weight excluding hydrogens is 1370 g/mol. The first-order valence-corrected chi connectivity index (χ1v) is 38.4. The fraction of sp³-hybridized carbons (Fsp3) is 0.0225. The predicted octanol–water partition coefficient (Wildman–Crippen LogP) is 25.9. The molecule has 0 saturated carbocycles. The van der Waals surface area contributed by atoms with Crippen LogP contribution in [0.15, 0.2) is 330 Å². The van der Waals surface area contributed by atoms with Crippen LogP contribution in [0.5, 0.6) is 0 Å². The first-order chi connectivity index (χ1) is 51.4. The quantitative estimate of drug-likeness (QED) is 0.0876. The van der Waals surface area contributed by atoms with Crippen LogP contribution in [0, 0.1) is 13.8 Å². The molecule has 0 aliphatic heterocycles. The zero-order chi connectivity index (χ0) is 70.0. The van der Waals surface area contributed by atoms with Crippen molar-refractivity contribution < 1.29 is 0 Å². The third-order valence-corrected chi connectivity index (χ3v) is 22.1. The number of H-pyrrole nitrogens is 5. The van der Waals surface area contributed by atoms with Crippen LogP contribution in [0.25, 0.3) is 164 Å². The Bertz CT molecular complexity index is 6060. The van der Waals surface area contributed by atoms with Crippen molar-refractivity contribution in [3.63, 3.8) is 0 Å². The summed E-state index contributed by atoms with van der Waals surface area (Å²) in [6.45, 7) is 4.16. The lowest BCUT2D eigenvalue weighted by molar-refractivity contribution is 1.26. The van der Waals surface area contributed by atoms with E-state index in [4.69, 9.17) is 15.0 Å². The summed E-state index contributed by atoms with van der Waals surface area (Å²) >= 11 is 8.49. The molecule has 15 heteroatoms. The van der Waals surface area contributed by atoms with Gasteiger partial charge in [-0.05, 0) is 126 Å². The van der Waals surface area contributed by atoms with Gasteiger partial charge < -0.3 is 24.9 Å². The molecule has 20 aromatic rings. The Hall–Kier alpha value is -12.2. The van der Waals surface area contributed by atoms with Crippen molar-refractivity contribution in [3.05, 3.63) is 342 Å². The van der Waals surface area contributed by atoms with E-state index in [1.54, 1.807) is 56.7 Å². The van der Waals surface area contributed by atoms with Crippen molar-refractivity contribution in [2.75, 3.05) is 0 Å². The maximum Gasteiger partial charge on any atom is 0.148 e. The fourth-order valence-corrected chi connectivity index (χ4v) is 16.0. The molecule has 10 aromatic carbocycles. The van der Waals surface area contributed by atoms with E-state index in [1.165, 1.54) is 69.5 Å². The number of nitrogens with zero attached hydrogens (tertiary/aromatic N) is 5. The van der Waals surface area contributed by atoms with Crippen molar-refractivity contribution >= 4 is 99.8 Å². The Labute approximate surface area is 621 Å². The Morgan fingerprint density at radius 3 is 1.16 bits per heavy atom. The van der Waals surface area contributed by atoms with Crippen molar-refractivity contribution in [1.29, 1.82) is 0 Å². The number of thiophene rings is 5. The number of nitrogens with one attached hydrogen (secondary N) is 5. The van der Waals surface area contributed by atoms with Gasteiger partial charge in [-0.25, -0.2) is 24.9 Å². The van der Waals surface area contributed by atoms with Gasteiger partial charge in [-0.3, -0.25) is 0 Å². The van der Waals surface area contributed by atoms with Crippen LogP contribution < -0.4 is 0 Å². The van der Waals surface area contributed by atoms with E-state index >= 15 is 0 Å². The summed E-state index contributed by atoms with van der Waals surface area (Å²) in [6.07, 6.45) is 3.82. The molecule has 0 saturated heterocycles. The van der Waals surface area contributed by atoms with E-state index in [2.05, 4.69) is 318 Å². The summed E-state index contributed by atoms with van der Waals surface area (Å²) in [6, 6.07) is 101. The summed E-state index contributed by atoms with van der Waals surface area (Å²) in [5.74, 6) is 4.69. The number of imidazole rings is 5. The maximum atomic E-state index is 4.85. The van der Waals surface area contributed by atoms with Crippen LogP contribution in [0.3, 0.4) is 0 Å². The molecule has 0 atom stereocenters. The minimum absolute atomic E-state index is 0.924. The summed E-state index contributed by atoms with van der Waals surface area (Å²) in [5.41, 5.74) is 15.4. The van der Waals surface area contributed by atoms with Crippen LogP contribution in [0.1, 0.15) is 11.4 Å². The Balaban J connectivity index is 0.000000100. The molecular formula is C89H66N10S5. The zero-order valence-electron chi connectivity index (χ0n) is 56.5. The molecule has 502 valence electrons. The number of aromatic nitrogens is 10. The Morgan fingerprint density at radius 1 is 0.250 bits per heavy atom. The predicted molar refractivity (Wildman–Crippen MR) is 442 cm³/mol. The number of hydrogen-bond donors (Lipinski definition) is 5. The first kappa shape index (κ1) is 66.3. The molecule has 5 N–H and O–H groups in total. The standard InChI is InChI=1S/C19H14N2S.2C18H14N2S.2C17H12N2S/c1-3-8-14(9-4-1)17-18(15-10-5-2-6-11-15)21-19(20-17)16-12-7-13-22-16;1-12-17(20-18(19-12)16-10-5-11-21-16)15-9-4-7-13-6-2-3-8-14(13)15;1-12-17(20-18(19-12)16-7-4-10-21-16)15-9-8-13-5-2-3-6-14(13)11-15;1-2-7-13-12(5-1)6-3-8-14(13)15-11-18-17(19-15)16-9-4-10-20-16;1-2-5-13-10-14(8-7-12(13)4-1)15-11-18-17(19-15)16-6-3-9-20-16/h1-13H,(H,20,21);2*2-11H,1H3,(H,19,20);2*1-11H,(H,18,19). The van der Waals surface area contributed by atoms with E-state index in [0.717, 1.165) is 106 Å². The van der Waals surface area contributed by atoms with Gasteiger partial charge >= 0.3 is 0 Å². The maximum absolute atomic E-state index is 4.85. The highest BCUT2D eigenvalue weighted by atomic mass is 32.1. The van der Waals surface area contributed by atoms with E-state index in [9.17, 15) is 0 Å². The van der Waals surface area contributed by atoms with E-state index in [-0.39, 0.29) is 0 Å². The molecule has 20 rings (SSSR count). The van der Waals surface area contributed by atoms with Gasteiger partial charge in [0.05, 0.1) is 70.9 Å². The molecule has 0 bridgehead atoms. The molecule has 0 spiro atoms. The summed E-state index contributed by atoms with van der Waals surface area (Å²) in [5, 5.41) is 20.3. The average Bonchev–Trinajstić information content (AvgIpc) is 1.45. The number of rotatable bonds is 11. The van der Waals surface area contributed by atoms with Crippen LogP contribution in [0.4, 0.5) is 0 Å². The van der Waals surface area contributed by atoms with Crippen LogP contribution in [-0.2, 0) is 0 Å². The van der Waals surface area contributed by atoms with Gasteiger partial charge in [0, 0.05) is 44.8 Å². The van der Waals surface area contributed by atoms with E-state index in [0.29, 0.717) is 0 Å². The molecule has 0 fully saturated rings. The van der Waals surface area contributed by atoms with Gasteiger partial charge in [0.15, 0.2) is 0 Å². The number of benzene rings is 10. The van der Waals surface area contributed by atoms with Crippen molar-refractivity contribution in [2.24, 2.45) is 0 Å². The minimum Gasteiger partial charge on any atom is -0.341 e. The first-order valence-electron chi connectivity index (χ1n) is 34.0. The molecule has 0 radical (unpaired) electrons. The highest BCUT2D eigenvalue weighted by molar-refractivity contribution is 7.14. The third-order valence-electron chi connectivity index (χ3n) is 17.7. The molecule has 10 aromatic heterocycles. The van der Waals surface area contributed by atoms with Gasteiger partial charge in [-0.1, -0.05) is 249 Å². The summed E-state index contributed by atoms with van der Waals surface area (Å²) in [4.78, 5) is 46.4. The summed E-state index contributed by atoms with van der Waals surface area (Å²) < 4.78 is 0. The molecule has 10 nitrogen and oxygen atoms in total. The Kier molecular flexibility index (Phi) is 19.7. The smallest absolute Gasteiger partial charge is 0.148 e. The van der Waals surface area contributed by atoms with Crippen LogP contribution in [0.2, 0.25) is 0 Å². The zero-order valence-corrected chi connectivity index (χ0v) is 60.6. The number of aryl methyl sites for hydroxylation is 2. The largest absolute Gasteiger partial charge is 0.341 e. The van der Waals surface area contributed by atoms with Crippen molar-refractivity contribution in [3.8, 4) is 121 Å². The molecule has 0 aliphatic carbocycles. The van der Waals surface area contributed by atoms with Gasteiger partial charge in [-0.15, -0.1) is 56.7 Å². The SMILES string of the molecule is Cc1[nH]c(-c2cccs2)nc1-c1ccc2ccccc2c1.Cc1[nH]c(-c2cccs2)nc1-c1cccc2ccccc12.c1ccc(-c2nc(-c3cccs3)[nH]c2-c2ccccc2)cc1.c1csc(-c2ncc(-c3ccc4ccccc4c3)[nH]2)c1.c1csc(-c2ncc(-c3cccc4ccccc34)[nH]2)c1. The highest BCUT2D eigenvalue weighted by Gasteiger charge is 2.18. The fourth-order valence-electron chi connectivity index (χ4n) is 12.6. The summed E-state index contributed by atoms with van der Waals surface area (Å²) in [7, 11) is 0. The third kappa shape index (κ3) is 14.8. The number of fused-ring (bicyclic) bond motifs is 4. The lowest BCUT2D eigenvalue weighted by Gasteiger charge is -2.04. The molecule has 0 amide bonds. The minimum atomic E-state index is 0.924. The average molecular weight is 1440 g/mol. The van der Waals surface area contributed by atoms with Gasteiger partial charge in [0.1, 0.15) is 29.1 Å². The molecule has 0 unspecified atom stereocenters. The second kappa shape index (κ2) is 30.9. The highest BCUT2D eigenvalue weighted by Crippen LogP contribution is 2.38. The van der Waals surface area contributed by atoms with Gasteiger partial charge in [0.25, 0.3) is 0 Å². The number of aromatic amines is 5. The monoisotopic (exact) mass is 1430 g/mol. The topological polar surface area (TPSA) is 143 Å². The van der Waals surface area contributed by atoms with Crippen LogP contribution in [-0.4, -0.2) is 49.8 Å². The van der Waals surface area contributed by atoms with E-state index in [1.807, 2.05) is 60.9 Å². The number of hydrogen-bond acceptors (Lipinski definition) is 10. The molecule has 10 heterocycles. The van der Waals surface area contributed by atoms with Crippen molar-refractivity contribution in [2.45, 2.75) is 13.8 Å². The lowest BCUT2D eigenvalue weighted by Crippen LogP contribution is -1.84. The molecule has 0 aliphatic rings. The van der Waals surface area contributed by atoms with Gasteiger partial charge in [-0.2, -0.15) is 0 Å². The van der Waals surface area contributed by atoms with Crippen molar-refractivity contribution in [1.82, 2.24) is 49.8 Å². The Morgan fingerprint density at radius 2 is 0.635 bits per heavy atom. The molecule has 104 heavy (non-hydrogen) atoms. The van der Waals surface area contributed by atoms with Crippen LogP contribution >= 0.6 is 56.7 Å². The second-order valence-corrected chi connectivity index (χ2v) is 29.3. The van der Waals surface area contributed by atoms with Gasteiger partial charge in [0.2, 0.25) is 0 Å². The second-order valence-electron chi connectivity index (χ2n) is 24.5. The van der Waals surface area contributed by atoms with E-state index < -0.39 is 0 Å².